The molecule has 122 valence electrons. The number of likely N-dealkylation sites (tertiary alicyclic amines) is 1. The molecule has 1 aromatic carbocycles. The molecule has 0 radical (unpaired) electrons. The van der Waals surface area contributed by atoms with Crippen molar-refractivity contribution in [1.82, 2.24) is 4.90 Å². The molecule has 2 rings (SSSR count). The monoisotopic (exact) mass is 302 g/mol. The summed E-state index contributed by atoms with van der Waals surface area (Å²) in [5, 5.41) is 3.36. The van der Waals surface area contributed by atoms with Gasteiger partial charge in [-0.15, -0.1) is 0 Å². The maximum Gasteiger partial charge on any atom is 0.241 e. The van der Waals surface area contributed by atoms with Gasteiger partial charge in [0.05, 0.1) is 6.54 Å². The van der Waals surface area contributed by atoms with Gasteiger partial charge >= 0.3 is 0 Å². The lowest BCUT2D eigenvalue weighted by Crippen LogP contribution is -2.37. The van der Waals surface area contributed by atoms with Crippen molar-refractivity contribution >= 4 is 11.6 Å². The summed E-state index contributed by atoms with van der Waals surface area (Å²) in [6.45, 7) is 8.84. The van der Waals surface area contributed by atoms with Crippen molar-refractivity contribution in [3.8, 4) is 0 Å². The highest BCUT2D eigenvalue weighted by molar-refractivity contribution is 5.81. The van der Waals surface area contributed by atoms with E-state index < -0.39 is 0 Å². The van der Waals surface area contributed by atoms with Crippen LogP contribution in [0.4, 0.5) is 5.69 Å². The highest BCUT2D eigenvalue weighted by atomic mass is 16.2. The fourth-order valence-electron chi connectivity index (χ4n) is 3.07. The number of amides is 1. The molecular weight excluding hydrogens is 272 g/mol. The Bertz CT molecular complexity index is 482. The summed E-state index contributed by atoms with van der Waals surface area (Å²) in [5.41, 5.74) is 2.42. The second kappa shape index (κ2) is 7.66. The van der Waals surface area contributed by atoms with E-state index in [9.17, 15) is 4.79 Å². The minimum absolute atomic E-state index is 0.0766. The van der Waals surface area contributed by atoms with Crippen LogP contribution in [-0.4, -0.2) is 30.4 Å². The average molecular weight is 302 g/mol. The Kier molecular flexibility index (Phi) is 5.87. The zero-order valence-electron chi connectivity index (χ0n) is 14.3. The SMILES string of the molecule is CC(C)(C)c1ccccc1NCC(=O)N1CCCCCCC1. The van der Waals surface area contributed by atoms with Gasteiger partial charge in [-0.2, -0.15) is 0 Å². The average Bonchev–Trinajstić information content (AvgIpc) is 2.44. The molecule has 3 heteroatoms. The summed E-state index contributed by atoms with van der Waals surface area (Å²) in [4.78, 5) is 14.5. The highest BCUT2D eigenvalue weighted by Crippen LogP contribution is 2.29. The highest BCUT2D eigenvalue weighted by Gasteiger charge is 2.19. The fourth-order valence-corrected chi connectivity index (χ4v) is 3.07. The first-order valence-corrected chi connectivity index (χ1v) is 8.59. The van der Waals surface area contributed by atoms with Gasteiger partial charge in [-0.1, -0.05) is 58.2 Å². The van der Waals surface area contributed by atoms with Crippen molar-refractivity contribution in [1.29, 1.82) is 0 Å². The Labute approximate surface area is 135 Å². The molecular formula is C19H30N2O. The Balaban J connectivity index is 1.96. The van der Waals surface area contributed by atoms with E-state index in [1.807, 2.05) is 11.0 Å². The van der Waals surface area contributed by atoms with Gasteiger partial charge in [-0.25, -0.2) is 0 Å². The van der Waals surface area contributed by atoms with E-state index >= 15 is 0 Å². The van der Waals surface area contributed by atoms with E-state index in [4.69, 9.17) is 0 Å². The van der Waals surface area contributed by atoms with Crippen LogP contribution >= 0.6 is 0 Å². The van der Waals surface area contributed by atoms with Crippen LogP contribution in [0.3, 0.4) is 0 Å². The molecule has 0 aliphatic carbocycles. The molecule has 0 atom stereocenters. The number of carbonyl (C=O) groups excluding carboxylic acids is 1. The largest absolute Gasteiger partial charge is 0.376 e. The Morgan fingerprint density at radius 1 is 1.05 bits per heavy atom. The standard InChI is InChI=1S/C19H30N2O/c1-19(2,3)16-11-7-8-12-17(16)20-15-18(22)21-13-9-5-4-6-10-14-21/h7-8,11-12,20H,4-6,9-10,13-15H2,1-3H3. The van der Waals surface area contributed by atoms with Crippen molar-refractivity contribution < 1.29 is 4.79 Å². The smallest absolute Gasteiger partial charge is 0.241 e. The van der Waals surface area contributed by atoms with Crippen LogP contribution in [0.1, 0.15) is 58.4 Å². The lowest BCUT2D eigenvalue weighted by molar-refractivity contribution is -0.129. The van der Waals surface area contributed by atoms with Crippen LogP contribution in [-0.2, 0) is 10.2 Å². The Morgan fingerprint density at radius 3 is 2.27 bits per heavy atom. The second-order valence-electron chi connectivity index (χ2n) is 7.30. The van der Waals surface area contributed by atoms with E-state index in [1.165, 1.54) is 24.8 Å². The topological polar surface area (TPSA) is 32.3 Å². The Hall–Kier alpha value is -1.51. The first-order valence-electron chi connectivity index (χ1n) is 8.59. The van der Waals surface area contributed by atoms with Gasteiger partial charge in [0.2, 0.25) is 5.91 Å². The van der Waals surface area contributed by atoms with Gasteiger partial charge in [-0.3, -0.25) is 4.79 Å². The van der Waals surface area contributed by atoms with Crippen molar-refractivity contribution in [2.45, 2.75) is 58.3 Å². The number of nitrogens with one attached hydrogen (secondary N) is 1. The predicted molar refractivity (Wildman–Crippen MR) is 93.3 cm³/mol. The van der Waals surface area contributed by atoms with Gasteiger partial charge in [0.25, 0.3) is 0 Å². The van der Waals surface area contributed by atoms with Crippen LogP contribution in [0, 0.1) is 0 Å². The molecule has 22 heavy (non-hydrogen) atoms. The Morgan fingerprint density at radius 2 is 1.64 bits per heavy atom. The van der Waals surface area contributed by atoms with Gasteiger partial charge in [-0.05, 0) is 29.9 Å². The first-order chi connectivity index (χ1) is 10.5. The number of anilines is 1. The number of nitrogens with zero attached hydrogens (tertiary/aromatic N) is 1. The molecule has 1 saturated heterocycles. The van der Waals surface area contributed by atoms with Gasteiger partial charge < -0.3 is 10.2 Å². The van der Waals surface area contributed by atoms with Crippen molar-refractivity contribution in [2.24, 2.45) is 0 Å². The molecule has 3 nitrogen and oxygen atoms in total. The third-order valence-corrected chi connectivity index (χ3v) is 4.37. The number of carbonyl (C=O) groups is 1. The van der Waals surface area contributed by atoms with E-state index in [2.05, 4.69) is 44.3 Å². The van der Waals surface area contributed by atoms with E-state index in [-0.39, 0.29) is 11.3 Å². The molecule has 1 heterocycles. The van der Waals surface area contributed by atoms with Gasteiger partial charge in [0, 0.05) is 18.8 Å². The molecule has 0 saturated carbocycles. The zero-order chi connectivity index (χ0) is 16.0. The number of hydrogen-bond donors (Lipinski definition) is 1. The van der Waals surface area contributed by atoms with Crippen LogP contribution in [0.5, 0.6) is 0 Å². The van der Waals surface area contributed by atoms with E-state index in [1.54, 1.807) is 0 Å². The van der Waals surface area contributed by atoms with Crippen LogP contribution in [0.25, 0.3) is 0 Å². The third-order valence-electron chi connectivity index (χ3n) is 4.37. The van der Waals surface area contributed by atoms with Gasteiger partial charge in [0.15, 0.2) is 0 Å². The summed E-state index contributed by atoms with van der Waals surface area (Å²) in [7, 11) is 0. The lowest BCUT2D eigenvalue weighted by atomic mass is 9.86. The molecule has 1 aromatic rings. The quantitative estimate of drug-likeness (QED) is 0.908. The van der Waals surface area contributed by atoms with Crippen molar-refractivity contribution in [3.63, 3.8) is 0 Å². The summed E-state index contributed by atoms with van der Waals surface area (Å²) in [5.74, 6) is 0.227. The molecule has 1 aliphatic rings. The molecule has 1 fully saturated rings. The summed E-state index contributed by atoms with van der Waals surface area (Å²) in [6.07, 6.45) is 6.11. The summed E-state index contributed by atoms with van der Waals surface area (Å²) < 4.78 is 0. The third kappa shape index (κ3) is 4.75. The van der Waals surface area contributed by atoms with E-state index in [0.29, 0.717) is 6.54 Å². The molecule has 0 aromatic heterocycles. The molecule has 0 bridgehead atoms. The molecule has 1 amide bonds. The van der Waals surface area contributed by atoms with Crippen molar-refractivity contribution in [3.05, 3.63) is 29.8 Å². The molecule has 0 spiro atoms. The normalized spacial score (nSPS) is 16.8. The van der Waals surface area contributed by atoms with Crippen LogP contribution in [0.15, 0.2) is 24.3 Å². The molecule has 1 N–H and O–H groups in total. The number of para-hydroxylation sites is 1. The van der Waals surface area contributed by atoms with Crippen LogP contribution in [0.2, 0.25) is 0 Å². The summed E-state index contributed by atoms with van der Waals surface area (Å²) >= 11 is 0. The maximum absolute atomic E-state index is 12.5. The number of benzene rings is 1. The predicted octanol–water partition coefficient (Wildman–Crippen LogP) is 4.19. The second-order valence-corrected chi connectivity index (χ2v) is 7.30. The zero-order valence-corrected chi connectivity index (χ0v) is 14.3. The lowest BCUT2D eigenvalue weighted by Gasteiger charge is -2.26. The fraction of sp³-hybridized carbons (Fsp3) is 0.632. The molecule has 1 aliphatic heterocycles. The van der Waals surface area contributed by atoms with Crippen LogP contribution < -0.4 is 5.32 Å². The van der Waals surface area contributed by atoms with Crippen molar-refractivity contribution in [2.75, 3.05) is 25.0 Å². The number of rotatable bonds is 3. The minimum Gasteiger partial charge on any atom is -0.376 e. The van der Waals surface area contributed by atoms with E-state index in [0.717, 1.165) is 31.6 Å². The first kappa shape index (κ1) is 16.9. The minimum atomic E-state index is 0.0766. The maximum atomic E-state index is 12.5. The molecule has 0 unspecified atom stereocenters. The van der Waals surface area contributed by atoms with Gasteiger partial charge in [0.1, 0.15) is 0 Å². The number of hydrogen-bond acceptors (Lipinski definition) is 2. The summed E-state index contributed by atoms with van der Waals surface area (Å²) in [6, 6.07) is 8.30.